The van der Waals surface area contributed by atoms with Gasteiger partial charge in [-0.1, -0.05) is 4.98 Å². The molecule has 110 valence electrons. The SMILES string of the molecule is C[C@@H](Cl)[C@@H](C)NCC(O)Cn1ccnc1[N+](=O)[O-].Cl. The van der Waals surface area contributed by atoms with E-state index in [2.05, 4.69) is 10.3 Å². The van der Waals surface area contributed by atoms with Crippen LogP contribution in [0.25, 0.3) is 0 Å². The van der Waals surface area contributed by atoms with Crippen LogP contribution in [0.1, 0.15) is 13.8 Å². The summed E-state index contributed by atoms with van der Waals surface area (Å²) >= 11 is 5.87. The topological polar surface area (TPSA) is 93.2 Å². The van der Waals surface area contributed by atoms with E-state index in [9.17, 15) is 15.2 Å². The van der Waals surface area contributed by atoms with Crippen LogP contribution >= 0.6 is 24.0 Å². The van der Waals surface area contributed by atoms with Crippen molar-refractivity contribution in [2.45, 2.75) is 37.9 Å². The van der Waals surface area contributed by atoms with Crippen LogP contribution in [-0.4, -0.2) is 43.6 Å². The molecule has 19 heavy (non-hydrogen) atoms. The Hall–Kier alpha value is -0.890. The van der Waals surface area contributed by atoms with Crippen LogP contribution in [0.4, 0.5) is 5.95 Å². The zero-order valence-electron chi connectivity index (χ0n) is 10.7. The lowest BCUT2D eigenvalue weighted by molar-refractivity contribution is -0.397. The minimum Gasteiger partial charge on any atom is -0.390 e. The van der Waals surface area contributed by atoms with Gasteiger partial charge < -0.3 is 20.5 Å². The van der Waals surface area contributed by atoms with Crippen molar-refractivity contribution < 1.29 is 10.0 Å². The van der Waals surface area contributed by atoms with Crippen molar-refractivity contribution in [1.29, 1.82) is 0 Å². The van der Waals surface area contributed by atoms with Crippen molar-refractivity contribution >= 4 is 30.0 Å². The summed E-state index contributed by atoms with van der Waals surface area (Å²) in [5.74, 6) is -0.271. The second kappa shape index (κ2) is 8.31. The smallest absolute Gasteiger partial charge is 0.390 e. The molecule has 1 heterocycles. The number of imidazole rings is 1. The van der Waals surface area contributed by atoms with Gasteiger partial charge in [0.2, 0.25) is 0 Å². The molecular formula is C10H18Cl2N4O3. The molecule has 2 N–H and O–H groups in total. The van der Waals surface area contributed by atoms with Crippen molar-refractivity contribution in [1.82, 2.24) is 14.9 Å². The quantitative estimate of drug-likeness (QED) is 0.448. The second-order valence-electron chi connectivity index (χ2n) is 4.16. The zero-order valence-corrected chi connectivity index (χ0v) is 12.3. The molecule has 1 rings (SSSR count). The van der Waals surface area contributed by atoms with Crippen LogP contribution in [0.2, 0.25) is 0 Å². The van der Waals surface area contributed by atoms with Crippen LogP contribution < -0.4 is 5.32 Å². The van der Waals surface area contributed by atoms with Gasteiger partial charge in [0, 0.05) is 18.0 Å². The van der Waals surface area contributed by atoms with E-state index in [0.717, 1.165) is 0 Å². The van der Waals surface area contributed by atoms with Crippen LogP contribution in [-0.2, 0) is 6.54 Å². The van der Waals surface area contributed by atoms with E-state index in [1.165, 1.54) is 17.0 Å². The van der Waals surface area contributed by atoms with E-state index >= 15 is 0 Å². The molecule has 0 saturated carbocycles. The van der Waals surface area contributed by atoms with Crippen molar-refractivity contribution in [3.63, 3.8) is 0 Å². The Bertz CT molecular complexity index is 400. The summed E-state index contributed by atoms with van der Waals surface area (Å²) in [5.41, 5.74) is 0. The number of aromatic nitrogens is 2. The first-order valence-corrected chi connectivity index (χ1v) is 6.06. The summed E-state index contributed by atoms with van der Waals surface area (Å²) in [6.07, 6.45) is 2.06. The summed E-state index contributed by atoms with van der Waals surface area (Å²) in [6.45, 7) is 4.19. The highest BCUT2D eigenvalue weighted by atomic mass is 35.5. The average Bonchev–Trinajstić information content (AvgIpc) is 2.73. The van der Waals surface area contributed by atoms with Crippen LogP contribution in [0, 0.1) is 10.1 Å². The highest BCUT2D eigenvalue weighted by Gasteiger charge is 2.18. The molecular weight excluding hydrogens is 295 g/mol. The van der Waals surface area contributed by atoms with Gasteiger partial charge in [0.1, 0.15) is 12.4 Å². The molecule has 3 atom stereocenters. The maximum atomic E-state index is 10.6. The third-order valence-corrected chi connectivity index (χ3v) is 3.01. The summed E-state index contributed by atoms with van der Waals surface area (Å²) in [5, 5.41) is 23.4. The molecule has 7 nitrogen and oxygen atoms in total. The summed E-state index contributed by atoms with van der Waals surface area (Å²) in [4.78, 5) is 13.7. The van der Waals surface area contributed by atoms with Crippen molar-refractivity contribution in [3.8, 4) is 0 Å². The Morgan fingerprint density at radius 2 is 2.26 bits per heavy atom. The molecule has 1 aromatic heterocycles. The monoisotopic (exact) mass is 312 g/mol. The lowest BCUT2D eigenvalue weighted by Crippen LogP contribution is -2.39. The lowest BCUT2D eigenvalue weighted by atomic mass is 10.2. The number of nitrogens with zero attached hydrogens (tertiary/aromatic N) is 3. The molecule has 0 aliphatic rings. The first-order chi connectivity index (χ1) is 8.41. The number of rotatable bonds is 7. The molecule has 0 spiro atoms. The van der Waals surface area contributed by atoms with Gasteiger partial charge in [-0.2, -0.15) is 0 Å². The van der Waals surface area contributed by atoms with E-state index in [4.69, 9.17) is 11.6 Å². The molecule has 0 amide bonds. The summed E-state index contributed by atoms with van der Waals surface area (Å²) in [6, 6.07) is 0.0547. The largest absolute Gasteiger partial charge is 0.434 e. The van der Waals surface area contributed by atoms with Crippen molar-refractivity contribution in [2.75, 3.05) is 6.54 Å². The van der Waals surface area contributed by atoms with Gasteiger partial charge in [0.25, 0.3) is 0 Å². The second-order valence-corrected chi connectivity index (χ2v) is 4.85. The molecule has 1 aromatic rings. The van der Waals surface area contributed by atoms with E-state index < -0.39 is 11.0 Å². The molecule has 0 bridgehead atoms. The fourth-order valence-electron chi connectivity index (χ4n) is 1.39. The number of nitro groups is 1. The first kappa shape index (κ1) is 18.1. The Morgan fingerprint density at radius 1 is 1.63 bits per heavy atom. The Balaban J connectivity index is 0.00000324. The van der Waals surface area contributed by atoms with Gasteiger partial charge in [0.05, 0.1) is 12.6 Å². The number of halogens is 2. The molecule has 0 fully saturated rings. The standard InChI is InChI=1S/C10H17ClN4O3.ClH/c1-7(11)8(2)13-5-9(16)6-14-4-3-12-10(14)15(17)18;/h3-4,7-9,13,16H,5-6H2,1-2H3;1H/t7-,8-,9?;/m1./s1. The van der Waals surface area contributed by atoms with Crippen LogP contribution in [0.3, 0.4) is 0 Å². The van der Waals surface area contributed by atoms with E-state index in [0.29, 0.717) is 6.54 Å². The lowest BCUT2D eigenvalue weighted by Gasteiger charge is -2.18. The van der Waals surface area contributed by atoms with Gasteiger partial charge in [-0.15, -0.1) is 24.0 Å². The van der Waals surface area contributed by atoms with E-state index in [1.54, 1.807) is 0 Å². The normalized spacial score (nSPS) is 15.4. The number of hydrogen-bond donors (Lipinski definition) is 2. The van der Waals surface area contributed by atoms with Gasteiger partial charge in [0.15, 0.2) is 0 Å². The third kappa shape index (κ3) is 5.73. The molecule has 0 aliphatic heterocycles. The van der Waals surface area contributed by atoms with Crippen molar-refractivity contribution in [2.24, 2.45) is 0 Å². The summed E-state index contributed by atoms with van der Waals surface area (Å²) in [7, 11) is 0. The maximum Gasteiger partial charge on any atom is 0.434 e. The molecule has 0 radical (unpaired) electrons. The predicted octanol–water partition coefficient (Wildman–Crippen LogP) is 1.18. The summed E-state index contributed by atoms with van der Waals surface area (Å²) < 4.78 is 1.31. The molecule has 0 saturated heterocycles. The first-order valence-electron chi connectivity index (χ1n) is 5.63. The van der Waals surface area contributed by atoms with Crippen molar-refractivity contribution in [3.05, 3.63) is 22.5 Å². The predicted molar refractivity (Wildman–Crippen MR) is 74.9 cm³/mol. The van der Waals surface area contributed by atoms with Crippen LogP contribution in [0.15, 0.2) is 12.4 Å². The number of alkyl halides is 1. The van der Waals surface area contributed by atoms with Gasteiger partial charge >= 0.3 is 5.95 Å². The minimum absolute atomic E-state index is 0. The fraction of sp³-hybridized carbons (Fsp3) is 0.700. The van der Waals surface area contributed by atoms with Crippen LogP contribution in [0.5, 0.6) is 0 Å². The zero-order chi connectivity index (χ0) is 13.7. The number of aliphatic hydroxyl groups is 1. The molecule has 0 aliphatic carbocycles. The molecule has 0 aromatic carbocycles. The highest BCUT2D eigenvalue weighted by molar-refractivity contribution is 6.20. The minimum atomic E-state index is -0.740. The van der Waals surface area contributed by atoms with Gasteiger partial charge in [-0.05, 0) is 18.8 Å². The Morgan fingerprint density at radius 3 is 2.79 bits per heavy atom. The molecule has 1 unspecified atom stereocenters. The number of nitrogens with one attached hydrogen (secondary N) is 1. The average molecular weight is 313 g/mol. The number of hydrogen-bond acceptors (Lipinski definition) is 5. The van der Waals surface area contributed by atoms with E-state index in [-0.39, 0.29) is 36.3 Å². The molecule has 9 heteroatoms. The van der Waals surface area contributed by atoms with E-state index in [1.807, 2.05) is 13.8 Å². The highest BCUT2D eigenvalue weighted by Crippen LogP contribution is 2.08. The number of aliphatic hydroxyl groups excluding tert-OH is 1. The Labute approximate surface area is 122 Å². The van der Waals surface area contributed by atoms with Gasteiger partial charge in [-0.3, -0.25) is 0 Å². The third-order valence-electron chi connectivity index (χ3n) is 2.63. The Kier molecular flexibility index (Phi) is 7.93. The fourth-order valence-corrected chi connectivity index (χ4v) is 1.48. The maximum absolute atomic E-state index is 10.6. The van der Waals surface area contributed by atoms with Gasteiger partial charge in [-0.25, -0.2) is 4.57 Å².